The molecule has 2 unspecified atom stereocenters. The predicted molar refractivity (Wildman–Crippen MR) is 78.2 cm³/mol. The molecule has 1 N–H and O–H groups in total. The molecule has 3 rings (SSSR count). The highest BCUT2D eigenvalue weighted by Crippen LogP contribution is 2.28. The number of furan rings is 1. The second-order valence-corrected chi connectivity index (χ2v) is 5.45. The second-order valence-electron chi connectivity index (χ2n) is 5.45. The number of carboxylic acid groups (broad SMARTS) is 1. The Morgan fingerprint density at radius 3 is 3.05 bits per heavy atom. The molecule has 2 aromatic rings. The van der Waals surface area contributed by atoms with E-state index in [9.17, 15) is 4.79 Å². The summed E-state index contributed by atoms with van der Waals surface area (Å²) in [5, 5.41) is 9.98. The summed E-state index contributed by atoms with van der Waals surface area (Å²) in [6, 6.07) is 10.1. The van der Waals surface area contributed by atoms with E-state index in [1.165, 1.54) is 0 Å². The number of hydrogen-bond acceptors (Lipinski definition) is 4. The minimum atomic E-state index is -0.821. The molecule has 1 fully saturated rings. The molecule has 1 aliphatic heterocycles. The Morgan fingerprint density at radius 1 is 1.48 bits per heavy atom. The van der Waals surface area contributed by atoms with Crippen LogP contribution in [0.15, 0.2) is 34.7 Å². The van der Waals surface area contributed by atoms with Crippen molar-refractivity contribution in [2.45, 2.75) is 25.5 Å². The highest BCUT2D eigenvalue weighted by atomic mass is 16.5. The fourth-order valence-electron chi connectivity index (χ4n) is 2.80. The van der Waals surface area contributed by atoms with Crippen molar-refractivity contribution < 1.29 is 19.1 Å². The minimum absolute atomic E-state index is 0.0450. The third kappa shape index (κ3) is 3.09. The Kier molecular flexibility index (Phi) is 3.94. The number of aliphatic carboxylic acids is 1. The van der Waals surface area contributed by atoms with Gasteiger partial charge in [-0.25, -0.2) is 0 Å². The summed E-state index contributed by atoms with van der Waals surface area (Å²) in [4.78, 5) is 13.0. The van der Waals surface area contributed by atoms with Gasteiger partial charge in [0.2, 0.25) is 0 Å². The third-order valence-corrected chi connectivity index (χ3v) is 3.98. The van der Waals surface area contributed by atoms with Crippen LogP contribution < -0.4 is 0 Å². The lowest BCUT2D eigenvalue weighted by atomic mass is 10.1. The summed E-state index contributed by atoms with van der Waals surface area (Å²) in [5.41, 5.74) is 0.884. The molecule has 0 saturated carbocycles. The highest BCUT2D eigenvalue weighted by Gasteiger charge is 2.27. The summed E-state index contributed by atoms with van der Waals surface area (Å²) < 4.78 is 11.4. The lowest BCUT2D eigenvalue weighted by Crippen LogP contribution is -2.44. The van der Waals surface area contributed by atoms with E-state index in [1.54, 1.807) is 0 Å². The molecule has 1 aromatic heterocycles. The van der Waals surface area contributed by atoms with Crippen LogP contribution in [0.5, 0.6) is 0 Å². The Morgan fingerprint density at radius 2 is 2.29 bits per heavy atom. The van der Waals surface area contributed by atoms with Crippen LogP contribution in [0.4, 0.5) is 0 Å². The molecule has 5 heteroatoms. The van der Waals surface area contributed by atoms with E-state index in [-0.39, 0.29) is 18.6 Å². The molecule has 0 bridgehead atoms. The van der Waals surface area contributed by atoms with Crippen molar-refractivity contribution >= 4 is 16.9 Å². The zero-order valence-electron chi connectivity index (χ0n) is 12.0. The van der Waals surface area contributed by atoms with Crippen LogP contribution in [0.2, 0.25) is 0 Å². The van der Waals surface area contributed by atoms with Crippen molar-refractivity contribution in [1.82, 2.24) is 4.90 Å². The molecule has 2 atom stereocenters. The van der Waals surface area contributed by atoms with Gasteiger partial charge in [-0.2, -0.15) is 0 Å². The monoisotopic (exact) mass is 289 g/mol. The Labute approximate surface area is 123 Å². The van der Waals surface area contributed by atoms with Gasteiger partial charge in [0.1, 0.15) is 11.3 Å². The van der Waals surface area contributed by atoms with Crippen molar-refractivity contribution in [1.29, 1.82) is 0 Å². The molecular formula is C16H19NO4. The van der Waals surface area contributed by atoms with Crippen LogP contribution in [0.25, 0.3) is 11.0 Å². The molecule has 1 saturated heterocycles. The fourth-order valence-corrected chi connectivity index (χ4v) is 2.80. The van der Waals surface area contributed by atoms with E-state index >= 15 is 0 Å². The van der Waals surface area contributed by atoms with Crippen LogP contribution >= 0.6 is 0 Å². The lowest BCUT2D eigenvalue weighted by Gasteiger charge is -2.35. The topological polar surface area (TPSA) is 62.9 Å². The molecule has 0 spiro atoms. The van der Waals surface area contributed by atoms with E-state index in [4.69, 9.17) is 14.3 Å². The number of nitrogens with zero attached hydrogens (tertiary/aromatic N) is 1. The quantitative estimate of drug-likeness (QED) is 0.937. The molecule has 1 aromatic carbocycles. The summed E-state index contributed by atoms with van der Waals surface area (Å²) in [6.45, 7) is 4.04. The normalized spacial score (nSPS) is 21.5. The van der Waals surface area contributed by atoms with E-state index in [2.05, 4.69) is 17.9 Å². The van der Waals surface area contributed by atoms with Gasteiger partial charge in [0.05, 0.1) is 25.2 Å². The maximum atomic E-state index is 10.8. The van der Waals surface area contributed by atoms with E-state index in [1.807, 2.05) is 24.3 Å². The van der Waals surface area contributed by atoms with E-state index < -0.39 is 5.97 Å². The Bertz CT molecular complexity index is 603. The first-order valence-corrected chi connectivity index (χ1v) is 7.19. The Balaban J connectivity index is 1.74. The van der Waals surface area contributed by atoms with Crippen LogP contribution in [0.3, 0.4) is 0 Å². The second kappa shape index (κ2) is 5.87. The number of para-hydroxylation sites is 1. The molecule has 2 heterocycles. The maximum Gasteiger partial charge on any atom is 0.306 e. The number of ether oxygens (including phenoxy) is 1. The van der Waals surface area contributed by atoms with Crippen LogP contribution in [-0.2, 0) is 9.53 Å². The molecule has 0 radical (unpaired) electrons. The van der Waals surface area contributed by atoms with E-state index in [0.29, 0.717) is 13.2 Å². The SMILES string of the molecule is CC(c1cc2ccccc2o1)N1CCOC(CC(=O)O)C1. The maximum absolute atomic E-state index is 10.8. The average Bonchev–Trinajstić information content (AvgIpc) is 2.90. The van der Waals surface area contributed by atoms with Gasteiger partial charge in [-0.05, 0) is 19.1 Å². The molecule has 1 aliphatic rings. The van der Waals surface area contributed by atoms with Crippen molar-refractivity contribution in [3.05, 3.63) is 36.1 Å². The first-order valence-electron chi connectivity index (χ1n) is 7.19. The van der Waals surface area contributed by atoms with Crippen molar-refractivity contribution in [2.24, 2.45) is 0 Å². The summed E-state index contributed by atoms with van der Waals surface area (Å²) in [6.07, 6.45) is -0.202. The van der Waals surface area contributed by atoms with Gasteiger partial charge in [0.25, 0.3) is 0 Å². The largest absolute Gasteiger partial charge is 0.481 e. The van der Waals surface area contributed by atoms with Gasteiger partial charge in [-0.15, -0.1) is 0 Å². The van der Waals surface area contributed by atoms with Crippen molar-refractivity contribution in [2.75, 3.05) is 19.7 Å². The molecule has 112 valence electrons. The van der Waals surface area contributed by atoms with Gasteiger partial charge >= 0.3 is 5.97 Å². The number of morpholine rings is 1. The van der Waals surface area contributed by atoms with Crippen molar-refractivity contribution in [3.63, 3.8) is 0 Å². The van der Waals surface area contributed by atoms with Crippen LogP contribution in [0.1, 0.15) is 25.1 Å². The average molecular weight is 289 g/mol. The smallest absolute Gasteiger partial charge is 0.306 e. The molecular weight excluding hydrogens is 270 g/mol. The van der Waals surface area contributed by atoms with Gasteiger partial charge in [0, 0.05) is 18.5 Å². The summed E-state index contributed by atoms with van der Waals surface area (Å²) in [7, 11) is 0. The highest BCUT2D eigenvalue weighted by molar-refractivity contribution is 5.77. The zero-order chi connectivity index (χ0) is 14.8. The fraction of sp³-hybridized carbons (Fsp3) is 0.438. The number of hydrogen-bond donors (Lipinski definition) is 1. The predicted octanol–water partition coefficient (Wildman–Crippen LogP) is 2.67. The van der Waals surface area contributed by atoms with Gasteiger partial charge in [0.15, 0.2) is 0 Å². The third-order valence-electron chi connectivity index (χ3n) is 3.98. The standard InChI is InChI=1S/C16H19NO4/c1-11(15-8-12-4-2-3-5-14(12)21-15)17-6-7-20-13(10-17)9-16(18)19/h2-5,8,11,13H,6-7,9-10H2,1H3,(H,18,19). The number of rotatable bonds is 4. The zero-order valence-corrected chi connectivity index (χ0v) is 12.0. The molecule has 21 heavy (non-hydrogen) atoms. The van der Waals surface area contributed by atoms with Gasteiger partial charge < -0.3 is 14.3 Å². The number of carboxylic acids is 1. The molecule has 0 amide bonds. The number of benzene rings is 1. The first kappa shape index (κ1) is 14.1. The van der Waals surface area contributed by atoms with Gasteiger partial charge in [-0.1, -0.05) is 18.2 Å². The summed E-state index contributed by atoms with van der Waals surface area (Å²) >= 11 is 0. The number of fused-ring (bicyclic) bond motifs is 1. The summed E-state index contributed by atoms with van der Waals surface area (Å²) in [5.74, 6) is 0.0883. The first-order chi connectivity index (χ1) is 10.1. The minimum Gasteiger partial charge on any atom is -0.481 e. The molecule has 0 aliphatic carbocycles. The van der Waals surface area contributed by atoms with E-state index in [0.717, 1.165) is 23.3 Å². The Hall–Kier alpha value is -1.85. The van der Waals surface area contributed by atoms with Crippen molar-refractivity contribution in [3.8, 4) is 0 Å². The molecule has 5 nitrogen and oxygen atoms in total. The lowest BCUT2D eigenvalue weighted by molar-refractivity contribution is -0.142. The number of carbonyl (C=O) groups is 1. The van der Waals surface area contributed by atoms with Gasteiger partial charge in [-0.3, -0.25) is 9.69 Å². The van der Waals surface area contributed by atoms with Crippen LogP contribution in [-0.4, -0.2) is 41.8 Å². The van der Waals surface area contributed by atoms with Crippen LogP contribution in [0, 0.1) is 0 Å².